The highest BCUT2D eigenvalue weighted by molar-refractivity contribution is 7.99. The quantitative estimate of drug-likeness (QED) is 0.218. The van der Waals surface area contributed by atoms with Crippen LogP contribution in [0.3, 0.4) is 0 Å². The first-order chi connectivity index (χ1) is 10.5. The van der Waals surface area contributed by atoms with E-state index < -0.39 is 0 Å². The molecule has 122 valence electrons. The van der Waals surface area contributed by atoms with Crippen LogP contribution in [0.2, 0.25) is 0 Å². The number of esters is 1. The first-order valence-electron chi connectivity index (χ1n) is 7.57. The smallest absolute Gasteiger partial charge is 0.333 e. The van der Waals surface area contributed by atoms with Crippen molar-refractivity contribution in [2.75, 3.05) is 12.4 Å². The van der Waals surface area contributed by atoms with E-state index in [1.165, 1.54) is 6.07 Å². The lowest BCUT2D eigenvalue weighted by Crippen LogP contribution is -2.13. The Morgan fingerprint density at radius 1 is 1.36 bits per heavy atom. The third-order valence-electron chi connectivity index (χ3n) is 3.00. The van der Waals surface area contributed by atoms with Crippen LogP contribution in [-0.2, 0) is 16.1 Å². The summed E-state index contributed by atoms with van der Waals surface area (Å²) in [5, 5.41) is 0.783. The van der Waals surface area contributed by atoms with Crippen LogP contribution in [0.25, 0.3) is 0 Å². The lowest BCUT2D eigenvalue weighted by molar-refractivity contribution is -0.139. The number of thioether (sulfide) groups is 1. The summed E-state index contributed by atoms with van der Waals surface area (Å²) < 4.78 is 7.07. The molecule has 0 aliphatic rings. The number of aromatic nitrogens is 2. The van der Waals surface area contributed by atoms with Crippen LogP contribution in [0.1, 0.15) is 39.5 Å². The minimum atomic E-state index is -0.319. The van der Waals surface area contributed by atoms with E-state index >= 15 is 0 Å². The topological polar surface area (TPSA) is 61.2 Å². The van der Waals surface area contributed by atoms with E-state index in [2.05, 4.69) is 11.6 Å². The molecule has 1 aromatic rings. The summed E-state index contributed by atoms with van der Waals surface area (Å²) in [6.45, 7) is 8.52. The van der Waals surface area contributed by atoms with E-state index in [4.69, 9.17) is 4.74 Å². The lowest BCUT2D eigenvalue weighted by atomic mass is 10.2. The summed E-state index contributed by atoms with van der Waals surface area (Å²) in [6, 6.07) is 1.50. The zero-order valence-electron chi connectivity index (χ0n) is 13.3. The molecule has 0 spiro atoms. The summed E-state index contributed by atoms with van der Waals surface area (Å²) in [7, 11) is 0. The second-order valence-electron chi connectivity index (χ2n) is 5.01. The van der Waals surface area contributed by atoms with Crippen molar-refractivity contribution in [3.05, 3.63) is 34.8 Å². The Kier molecular flexibility index (Phi) is 8.58. The van der Waals surface area contributed by atoms with Crippen LogP contribution in [0.5, 0.6) is 0 Å². The SMILES string of the molecule is C=C(C)C(=O)OCCCCCCn1ccc(=O)nc1SCC. The Morgan fingerprint density at radius 2 is 2.09 bits per heavy atom. The average Bonchev–Trinajstić information content (AvgIpc) is 2.48. The fraction of sp³-hybridized carbons (Fsp3) is 0.562. The minimum Gasteiger partial charge on any atom is -0.462 e. The van der Waals surface area contributed by atoms with Gasteiger partial charge in [-0.3, -0.25) is 4.79 Å². The Balaban J connectivity index is 2.23. The first kappa shape index (κ1) is 18.5. The third kappa shape index (κ3) is 6.93. The van der Waals surface area contributed by atoms with Crippen LogP contribution in [-0.4, -0.2) is 27.9 Å². The highest BCUT2D eigenvalue weighted by Gasteiger charge is 2.04. The van der Waals surface area contributed by atoms with Gasteiger partial charge in [-0.05, 0) is 31.9 Å². The zero-order valence-corrected chi connectivity index (χ0v) is 14.2. The van der Waals surface area contributed by atoms with Gasteiger partial charge < -0.3 is 9.30 Å². The highest BCUT2D eigenvalue weighted by atomic mass is 32.2. The van der Waals surface area contributed by atoms with E-state index in [9.17, 15) is 9.59 Å². The maximum absolute atomic E-state index is 11.3. The molecule has 6 heteroatoms. The van der Waals surface area contributed by atoms with Gasteiger partial charge >= 0.3 is 5.97 Å². The molecule has 0 amide bonds. The summed E-state index contributed by atoms with van der Waals surface area (Å²) >= 11 is 1.58. The number of nitrogens with zero attached hydrogens (tertiary/aromatic N) is 2. The fourth-order valence-electron chi connectivity index (χ4n) is 1.85. The monoisotopic (exact) mass is 324 g/mol. The molecule has 0 saturated heterocycles. The highest BCUT2D eigenvalue weighted by Crippen LogP contribution is 2.14. The molecular weight excluding hydrogens is 300 g/mol. The maximum Gasteiger partial charge on any atom is 0.333 e. The molecule has 0 atom stereocenters. The number of carbonyl (C=O) groups excluding carboxylic acids is 1. The molecule has 0 aliphatic carbocycles. The van der Waals surface area contributed by atoms with Crippen LogP contribution >= 0.6 is 11.8 Å². The van der Waals surface area contributed by atoms with Crippen LogP contribution in [0.4, 0.5) is 0 Å². The van der Waals surface area contributed by atoms with Gasteiger partial charge in [-0.2, -0.15) is 4.98 Å². The zero-order chi connectivity index (χ0) is 16.4. The normalized spacial score (nSPS) is 10.5. The van der Waals surface area contributed by atoms with E-state index in [1.54, 1.807) is 18.7 Å². The Labute approximate surface area is 135 Å². The van der Waals surface area contributed by atoms with Gasteiger partial charge in [-0.1, -0.05) is 31.7 Å². The van der Waals surface area contributed by atoms with Gasteiger partial charge in [0.15, 0.2) is 5.16 Å². The molecule has 0 aromatic carbocycles. The van der Waals surface area contributed by atoms with Crippen LogP contribution in [0.15, 0.2) is 34.4 Å². The molecular formula is C16H24N2O3S. The standard InChI is InChI=1S/C16H24N2O3S/c1-4-22-16-17-14(19)9-11-18(16)10-7-5-6-8-12-21-15(20)13(2)3/h9,11H,2,4-8,10,12H2,1,3H3. The Morgan fingerprint density at radius 3 is 2.77 bits per heavy atom. The van der Waals surface area contributed by atoms with E-state index in [-0.39, 0.29) is 11.5 Å². The number of aryl methyl sites for hydroxylation is 1. The summed E-state index contributed by atoms with van der Waals surface area (Å²) in [6.07, 6.45) is 5.73. The third-order valence-corrected chi connectivity index (χ3v) is 3.87. The maximum atomic E-state index is 11.3. The van der Waals surface area contributed by atoms with Crippen molar-refractivity contribution >= 4 is 17.7 Å². The largest absolute Gasteiger partial charge is 0.462 e. The van der Waals surface area contributed by atoms with Crippen LogP contribution < -0.4 is 5.56 Å². The van der Waals surface area contributed by atoms with Gasteiger partial charge in [0.25, 0.3) is 5.56 Å². The summed E-state index contributed by atoms with van der Waals surface area (Å²) in [5.74, 6) is 0.574. The van der Waals surface area contributed by atoms with Crippen molar-refractivity contribution in [2.45, 2.75) is 51.2 Å². The number of rotatable bonds is 10. The molecule has 5 nitrogen and oxygen atoms in total. The molecule has 0 saturated carbocycles. The van der Waals surface area contributed by atoms with Crippen molar-refractivity contribution < 1.29 is 9.53 Å². The molecule has 0 radical (unpaired) electrons. The van der Waals surface area contributed by atoms with Gasteiger partial charge in [0.05, 0.1) is 6.61 Å². The number of hydrogen-bond donors (Lipinski definition) is 0. The fourth-order valence-corrected chi connectivity index (χ4v) is 2.58. The Hall–Kier alpha value is -1.56. The molecule has 22 heavy (non-hydrogen) atoms. The predicted octanol–water partition coefficient (Wildman–Crippen LogP) is 3.04. The van der Waals surface area contributed by atoms with Crippen molar-refractivity contribution in [1.29, 1.82) is 0 Å². The molecule has 0 fully saturated rings. The van der Waals surface area contributed by atoms with E-state index in [0.717, 1.165) is 43.1 Å². The number of carbonyl (C=O) groups is 1. The van der Waals surface area contributed by atoms with Crippen molar-refractivity contribution in [2.24, 2.45) is 0 Å². The predicted molar refractivity (Wildman–Crippen MR) is 89.1 cm³/mol. The van der Waals surface area contributed by atoms with Gasteiger partial charge in [0.2, 0.25) is 0 Å². The van der Waals surface area contributed by atoms with Gasteiger partial charge in [-0.25, -0.2) is 4.79 Å². The van der Waals surface area contributed by atoms with Gasteiger partial charge in [0, 0.05) is 24.4 Å². The molecule has 1 heterocycles. The molecule has 0 aliphatic heterocycles. The second-order valence-corrected chi connectivity index (χ2v) is 6.24. The number of unbranched alkanes of at least 4 members (excludes halogenated alkanes) is 3. The minimum absolute atomic E-state index is 0.188. The van der Waals surface area contributed by atoms with Gasteiger partial charge in [0.1, 0.15) is 0 Å². The van der Waals surface area contributed by atoms with Crippen molar-refractivity contribution in [1.82, 2.24) is 9.55 Å². The molecule has 0 N–H and O–H groups in total. The molecule has 0 bridgehead atoms. The van der Waals surface area contributed by atoms with E-state index in [1.807, 2.05) is 17.7 Å². The second kappa shape index (κ2) is 10.2. The number of ether oxygens (including phenoxy) is 1. The van der Waals surface area contributed by atoms with Gasteiger partial charge in [-0.15, -0.1) is 0 Å². The van der Waals surface area contributed by atoms with Crippen molar-refractivity contribution in [3.8, 4) is 0 Å². The summed E-state index contributed by atoms with van der Waals surface area (Å²) in [5.41, 5.74) is 0.248. The van der Waals surface area contributed by atoms with Crippen LogP contribution in [0, 0.1) is 0 Å². The molecule has 1 aromatic heterocycles. The average molecular weight is 324 g/mol. The molecule has 1 rings (SSSR count). The Bertz CT molecular complexity index is 555. The molecule has 0 unspecified atom stereocenters. The summed E-state index contributed by atoms with van der Waals surface area (Å²) in [4.78, 5) is 26.5. The van der Waals surface area contributed by atoms with E-state index in [0.29, 0.717) is 12.2 Å². The van der Waals surface area contributed by atoms with Crippen molar-refractivity contribution in [3.63, 3.8) is 0 Å². The number of hydrogen-bond acceptors (Lipinski definition) is 5. The first-order valence-corrected chi connectivity index (χ1v) is 8.56. The lowest BCUT2D eigenvalue weighted by Gasteiger charge is -2.10.